The first kappa shape index (κ1) is 11.1. The summed E-state index contributed by atoms with van der Waals surface area (Å²) in [5, 5.41) is 7.77. The normalized spacial score (nSPS) is 12.7. The van der Waals surface area contributed by atoms with Crippen LogP contribution in [0, 0.1) is 0 Å². The summed E-state index contributed by atoms with van der Waals surface area (Å²) >= 11 is 3.31. The lowest BCUT2D eigenvalue weighted by Gasteiger charge is -2.14. The second-order valence-corrected chi connectivity index (χ2v) is 3.85. The second kappa shape index (κ2) is 4.64. The minimum Gasteiger partial charge on any atom is -0.270 e. The van der Waals surface area contributed by atoms with Crippen molar-refractivity contribution in [3.63, 3.8) is 0 Å². The Labute approximate surface area is 100 Å². The molecule has 1 atom stereocenters. The standard InChI is InChI=1S/C8H10BrN7/c1-16-6(7(9)14-15-16)5(13-10)8-11-3-2-4-12-8/h2-5,13H,10H2,1H3. The third kappa shape index (κ3) is 1.94. The van der Waals surface area contributed by atoms with Crippen LogP contribution in [-0.2, 0) is 7.05 Å². The third-order valence-corrected chi connectivity index (χ3v) is 2.68. The number of hydrogen-bond acceptors (Lipinski definition) is 6. The zero-order chi connectivity index (χ0) is 11.5. The van der Waals surface area contributed by atoms with E-state index in [0.717, 1.165) is 5.69 Å². The van der Waals surface area contributed by atoms with Gasteiger partial charge in [0.05, 0.1) is 5.69 Å². The van der Waals surface area contributed by atoms with Crippen molar-refractivity contribution in [1.29, 1.82) is 0 Å². The maximum atomic E-state index is 5.51. The van der Waals surface area contributed by atoms with Crippen molar-refractivity contribution in [2.75, 3.05) is 0 Å². The maximum absolute atomic E-state index is 5.51. The van der Waals surface area contributed by atoms with Gasteiger partial charge in [0.15, 0.2) is 10.4 Å². The fraction of sp³-hybridized carbons (Fsp3) is 0.250. The van der Waals surface area contributed by atoms with E-state index in [1.807, 2.05) is 0 Å². The Balaban J connectivity index is 2.45. The Kier molecular flexibility index (Phi) is 3.22. The van der Waals surface area contributed by atoms with Gasteiger partial charge in [-0.25, -0.2) is 20.1 Å². The number of aryl methyl sites for hydroxylation is 1. The summed E-state index contributed by atoms with van der Waals surface area (Å²) in [5.74, 6) is 6.08. The van der Waals surface area contributed by atoms with Crippen LogP contribution in [0.4, 0.5) is 0 Å². The molecule has 3 N–H and O–H groups in total. The molecule has 0 spiro atoms. The molecule has 0 aliphatic rings. The number of halogens is 1. The molecule has 0 aliphatic carbocycles. The number of aromatic nitrogens is 5. The average molecular weight is 284 g/mol. The predicted octanol–water partition coefficient (Wildman–Crippen LogP) is -0.0797. The van der Waals surface area contributed by atoms with Crippen LogP contribution in [0.15, 0.2) is 23.1 Å². The largest absolute Gasteiger partial charge is 0.270 e. The van der Waals surface area contributed by atoms with E-state index in [9.17, 15) is 0 Å². The molecule has 0 saturated carbocycles. The molecule has 7 nitrogen and oxygen atoms in total. The summed E-state index contributed by atoms with van der Waals surface area (Å²) in [5.41, 5.74) is 3.42. The van der Waals surface area contributed by atoms with Crippen LogP contribution in [0.5, 0.6) is 0 Å². The Morgan fingerprint density at radius 2 is 2.12 bits per heavy atom. The van der Waals surface area contributed by atoms with Gasteiger partial charge >= 0.3 is 0 Å². The first-order valence-electron chi connectivity index (χ1n) is 4.52. The summed E-state index contributed by atoms with van der Waals surface area (Å²) in [7, 11) is 1.78. The SMILES string of the molecule is Cn1nnc(Br)c1C(NN)c1ncccn1. The summed E-state index contributed by atoms with van der Waals surface area (Å²) in [6, 6.07) is 1.39. The smallest absolute Gasteiger partial charge is 0.153 e. The highest BCUT2D eigenvalue weighted by Gasteiger charge is 2.22. The highest BCUT2D eigenvalue weighted by atomic mass is 79.9. The van der Waals surface area contributed by atoms with E-state index in [1.165, 1.54) is 0 Å². The van der Waals surface area contributed by atoms with Crippen molar-refractivity contribution < 1.29 is 0 Å². The monoisotopic (exact) mass is 283 g/mol. The lowest BCUT2D eigenvalue weighted by Crippen LogP contribution is -2.32. The molecule has 2 aromatic heterocycles. The molecule has 0 aliphatic heterocycles. The van der Waals surface area contributed by atoms with Crippen LogP contribution in [0.2, 0.25) is 0 Å². The highest BCUT2D eigenvalue weighted by Crippen LogP contribution is 2.23. The molecule has 0 radical (unpaired) electrons. The summed E-state index contributed by atoms with van der Waals surface area (Å²) in [6.45, 7) is 0. The van der Waals surface area contributed by atoms with E-state index in [2.05, 4.69) is 41.6 Å². The second-order valence-electron chi connectivity index (χ2n) is 3.10. The molecule has 0 amide bonds. The van der Waals surface area contributed by atoms with Gasteiger partial charge in [-0.15, -0.1) is 5.10 Å². The molecular formula is C8H10BrN7. The minimum atomic E-state index is -0.351. The molecule has 0 bridgehead atoms. The first-order valence-corrected chi connectivity index (χ1v) is 5.31. The topological polar surface area (TPSA) is 94.5 Å². The summed E-state index contributed by atoms with van der Waals surface area (Å²) in [4.78, 5) is 8.29. The molecule has 0 aromatic carbocycles. The number of rotatable bonds is 3. The molecule has 8 heteroatoms. The van der Waals surface area contributed by atoms with Crippen molar-refractivity contribution in [1.82, 2.24) is 30.4 Å². The van der Waals surface area contributed by atoms with Crippen LogP contribution >= 0.6 is 15.9 Å². The summed E-state index contributed by atoms with van der Waals surface area (Å²) in [6.07, 6.45) is 3.31. The van der Waals surface area contributed by atoms with Crippen molar-refractivity contribution in [3.8, 4) is 0 Å². The van der Waals surface area contributed by atoms with Gasteiger partial charge in [0.25, 0.3) is 0 Å². The summed E-state index contributed by atoms with van der Waals surface area (Å²) < 4.78 is 2.23. The molecule has 2 rings (SSSR count). The van der Waals surface area contributed by atoms with Crippen molar-refractivity contribution in [2.24, 2.45) is 12.9 Å². The number of nitrogens with two attached hydrogens (primary N) is 1. The molecule has 16 heavy (non-hydrogen) atoms. The third-order valence-electron chi connectivity index (χ3n) is 2.11. The fourth-order valence-electron chi connectivity index (χ4n) is 1.38. The van der Waals surface area contributed by atoms with Crippen molar-refractivity contribution in [3.05, 3.63) is 34.6 Å². The maximum Gasteiger partial charge on any atom is 0.153 e. The molecule has 0 fully saturated rings. The number of hydrazine groups is 1. The zero-order valence-corrected chi connectivity index (χ0v) is 10.1. The van der Waals surface area contributed by atoms with Gasteiger partial charge in [0, 0.05) is 19.4 Å². The van der Waals surface area contributed by atoms with Gasteiger partial charge < -0.3 is 0 Å². The lowest BCUT2D eigenvalue weighted by atomic mass is 10.2. The van der Waals surface area contributed by atoms with Crippen molar-refractivity contribution >= 4 is 15.9 Å². The first-order chi connectivity index (χ1) is 7.74. The molecule has 2 aromatic rings. The van der Waals surface area contributed by atoms with Crippen LogP contribution in [0.1, 0.15) is 17.6 Å². The van der Waals surface area contributed by atoms with Crippen molar-refractivity contribution in [2.45, 2.75) is 6.04 Å². The van der Waals surface area contributed by atoms with E-state index in [-0.39, 0.29) is 6.04 Å². The number of nitrogens with one attached hydrogen (secondary N) is 1. The fourth-order valence-corrected chi connectivity index (χ4v) is 1.94. The Morgan fingerprint density at radius 3 is 2.62 bits per heavy atom. The van der Waals surface area contributed by atoms with E-state index >= 15 is 0 Å². The molecule has 0 saturated heterocycles. The zero-order valence-electron chi connectivity index (χ0n) is 8.50. The number of hydrogen-bond donors (Lipinski definition) is 2. The van der Waals surface area contributed by atoms with Crippen LogP contribution in [0.3, 0.4) is 0 Å². The van der Waals surface area contributed by atoms with Gasteiger partial charge in [0.2, 0.25) is 0 Å². The van der Waals surface area contributed by atoms with Crippen LogP contribution in [0.25, 0.3) is 0 Å². The number of nitrogens with zero attached hydrogens (tertiary/aromatic N) is 5. The van der Waals surface area contributed by atoms with E-state index in [0.29, 0.717) is 10.4 Å². The Bertz CT molecular complexity index is 449. The van der Waals surface area contributed by atoms with E-state index in [1.54, 1.807) is 30.2 Å². The van der Waals surface area contributed by atoms with Gasteiger partial charge in [-0.2, -0.15) is 0 Å². The lowest BCUT2D eigenvalue weighted by molar-refractivity contribution is 0.546. The van der Waals surface area contributed by atoms with E-state index < -0.39 is 0 Å². The van der Waals surface area contributed by atoms with Gasteiger partial charge in [0.1, 0.15) is 6.04 Å². The minimum absolute atomic E-state index is 0.351. The quantitative estimate of drug-likeness (QED) is 0.604. The molecule has 2 heterocycles. The van der Waals surface area contributed by atoms with Gasteiger partial charge in [-0.1, -0.05) is 5.21 Å². The Morgan fingerprint density at radius 1 is 1.44 bits per heavy atom. The Hall–Kier alpha value is -1.38. The molecular weight excluding hydrogens is 274 g/mol. The predicted molar refractivity (Wildman–Crippen MR) is 59.9 cm³/mol. The average Bonchev–Trinajstić information content (AvgIpc) is 2.63. The molecule has 84 valence electrons. The van der Waals surface area contributed by atoms with Gasteiger partial charge in [-0.05, 0) is 22.0 Å². The van der Waals surface area contributed by atoms with Gasteiger partial charge in [-0.3, -0.25) is 5.84 Å². The highest BCUT2D eigenvalue weighted by molar-refractivity contribution is 9.10. The van der Waals surface area contributed by atoms with Crippen LogP contribution in [-0.4, -0.2) is 25.0 Å². The molecule has 1 unspecified atom stereocenters. The van der Waals surface area contributed by atoms with Crippen LogP contribution < -0.4 is 11.3 Å². The van der Waals surface area contributed by atoms with E-state index in [4.69, 9.17) is 5.84 Å².